The largest absolute Gasteiger partial charge is 0.331 e. The Hall–Kier alpha value is -1.39. The Balaban J connectivity index is 1.84. The fraction of sp³-hybridized carbons (Fsp3) is 0.812. The summed E-state index contributed by atoms with van der Waals surface area (Å²) in [5, 5.41) is 2.46. The van der Waals surface area contributed by atoms with Crippen molar-refractivity contribution < 1.29 is 14.4 Å². The van der Waals surface area contributed by atoms with Crippen LogP contribution in [0.2, 0.25) is 0 Å². The van der Waals surface area contributed by atoms with E-state index in [1.54, 1.807) is 0 Å². The number of nitrogens with zero attached hydrogens (tertiary/aromatic N) is 1. The molecule has 3 rings (SSSR count). The van der Waals surface area contributed by atoms with Gasteiger partial charge >= 0.3 is 6.03 Å². The SMILES string of the molecule is CC1CCC(N2C(=O)NC(=O)C3(CCCCC3)C2=O)CC1. The summed E-state index contributed by atoms with van der Waals surface area (Å²) in [5.74, 6) is 0.0719. The first-order valence-corrected chi connectivity index (χ1v) is 8.24. The van der Waals surface area contributed by atoms with E-state index in [9.17, 15) is 14.4 Å². The topological polar surface area (TPSA) is 66.5 Å². The molecule has 5 heteroatoms. The molecule has 1 saturated heterocycles. The van der Waals surface area contributed by atoms with Gasteiger partial charge in [-0.25, -0.2) is 4.79 Å². The highest BCUT2D eigenvalue weighted by molar-refractivity contribution is 6.19. The molecular formula is C16H24N2O3. The lowest BCUT2D eigenvalue weighted by molar-refractivity contribution is -0.156. The molecule has 116 valence electrons. The van der Waals surface area contributed by atoms with Crippen molar-refractivity contribution in [2.24, 2.45) is 11.3 Å². The lowest BCUT2D eigenvalue weighted by Crippen LogP contribution is -2.66. The third kappa shape index (κ3) is 2.36. The first-order valence-electron chi connectivity index (χ1n) is 8.24. The van der Waals surface area contributed by atoms with Gasteiger partial charge < -0.3 is 0 Å². The van der Waals surface area contributed by atoms with Crippen molar-refractivity contribution in [3.63, 3.8) is 0 Å². The smallest absolute Gasteiger partial charge is 0.277 e. The van der Waals surface area contributed by atoms with Crippen molar-refractivity contribution in [2.75, 3.05) is 0 Å². The summed E-state index contributed by atoms with van der Waals surface area (Å²) < 4.78 is 0. The predicted octanol–water partition coefficient (Wildman–Crippen LogP) is 2.59. The number of nitrogens with one attached hydrogen (secondary N) is 1. The van der Waals surface area contributed by atoms with E-state index in [1.165, 1.54) is 4.90 Å². The van der Waals surface area contributed by atoms with Crippen LogP contribution in [0.25, 0.3) is 0 Å². The molecule has 3 fully saturated rings. The molecule has 1 N–H and O–H groups in total. The Kier molecular flexibility index (Phi) is 3.76. The van der Waals surface area contributed by atoms with E-state index < -0.39 is 11.4 Å². The molecule has 3 aliphatic rings. The molecule has 1 heterocycles. The van der Waals surface area contributed by atoms with Crippen LogP contribution in [-0.4, -0.2) is 28.8 Å². The summed E-state index contributed by atoms with van der Waals surface area (Å²) in [4.78, 5) is 38.8. The monoisotopic (exact) mass is 292 g/mol. The normalized spacial score (nSPS) is 33.2. The van der Waals surface area contributed by atoms with E-state index in [0.29, 0.717) is 18.8 Å². The quantitative estimate of drug-likeness (QED) is 0.755. The van der Waals surface area contributed by atoms with Gasteiger partial charge in [0, 0.05) is 6.04 Å². The molecule has 21 heavy (non-hydrogen) atoms. The molecule has 1 spiro atoms. The minimum atomic E-state index is -0.963. The van der Waals surface area contributed by atoms with E-state index in [4.69, 9.17) is 0 Å². The Morgan fingerprint density at radius 3 is 2.24 bits per heavy atom. The highest BCUT2D eigenvalue weighted by Crippen LogP contribution is 2.42. The maximum atomic E-state index is 12.9. The Labute approximate surface area is 125 Å². The number of carbonyl (C=O) groups excluding carboxylic acids is 3. The number of rotatable bonds is 1. The summed E-state index contributed by atoms with van der Waals surface area (Å²) in [6.07, 6.45) is 7.85. The van der Waals surface area contributed by atoms with Crippen molar-refractivity contribution in [2.45, 2.75) is 70.8 Å². The summed E-state index contributed by atoms with van der Waals surface area (Å²) in [6, 6.07) is -0.527. The number of carbonyl (C=O) groups is 3. The molecule has 0 aromatic carbocycles. The number of urea groups is 1. The van der Waals surface area contributed by atoms with Crippen molar-refractivity contribution in [1.29, 1.82) is 0 Å². The van der Waals surface area contributed by atoms with Gasteiger partial charge in [0.25, 0.3) is 0 Å². The third-order valence-electron chi connectivity index (χ3n) is 5.56. The molecular weight excluding hydrogens is 268 g/mol. The van der Waals surface area contributed by atoms with E-state index in [2.05, 4.69) is 12.2 Å². The van der Waals surface area contributed by atoms with Crippen LogP contribution in [0.3, 0.4) is 0 Å². The molecule has 4 amide bonds. The van der Waals surface area contributed by atoms with Gasteiger partial charge in [-0.2, -0.15) is 0 Å². The molecule has 1 aliphatic heterocycles. The molecule has 2 saturated carbocycles. The summed E-state index contributed by atoms with van der Waals surface area (Å²) in [7, 11) is 0. The van der Waals surface area contributed by atoms with Crippen LogP contribution in [0.5, 0.6) is 0 Å². The number of hydrogen-bond donors (Lipinski definition) is 1. The van der Waals surface area contributed by atoms with Gasteiger partial charge in [0.15, 0.2) is 0 Å². The van der Waals surface area contributed by atoms with E-state index in [0.717, 1.165) is 44.9 Å². The second-order valence-corrected chi connectivity index (χ2v) is 6.99. The molecule has 0 aromatic heterocycles. The molecule has 0 radical (unpaired) electrons. The third-order valence-corrected chi connectivity index (χ3v) is 5.56. The van der Waals surface area contributed by atoms with Gasteiger partial charge in [0.1, 0.15) is 5.41 Å². The van der Waals surface area contributed by atoms with Crippen LogP contribution in [0.4, 0.5) is 4.79 Å². The van der Waals surface area contributed by atoms with Crippen LogP contribution in [-0.2, 0) is 9.59 Å². The standard InChI is InChI=1S/C16H24N2O3/c1-11-5-7-12(8-6-11)18-14(20)16(9-3-2-4-10-16)13(19)17-15(18)21/h11-12H,2-10H2,1H3,(H,17,19,21). The molecule has 0 bridgehead atoms. The zero-order chi connectivity index (χ0) is 15.0. The van der Waals surface area contributed by atoms with Crippen LogP contribution < -0.4 is 5.32 Å². The molecule has 5 nitrogen and oxygen atoms in total. The Morgan fingerprint density at radius 1 is 1.00 bits per heavy atom. The highest BCUT2D eigenvalue weighted by Gasteiger charge is 2.55. The zero-order valence-electron chi connectivity index (χ0n) is 12.7. The lowest BCUT2D eigenvalue weighted by atomic mass is 9.70. The second kappa shape index (κ2) is 5.43. The van der Waals surface area contributed by atoms with E-state index in [-0.39, 0.29) is 17.9 Å². The Morgan fingerprint density at radius 2 is 1.62 bits per heavy atom. The van der Waals surface area contributed by atoms with E-state index >= 15 is 0 Å². The van der Waals surface area contributed by atoms with Crippen molar-refractivity contribution >= 4 is 17.8 Å². The summed E-state index contributed by atoms with van der Waals surface area (Å²) in [6.45, 7) is 2.21. The number of imide groups is 2. The Bertz CT molecular complexity index is 460. The zero-order valence-corrected chi connectivity index (χ0v) is 12.7. The van der Waals surface area contributed by atoms with E-state index in [1.807, 2.05) is 0 Å². The van der Waals surface area contributed by atoms with Gasteiger partial charge in [0.05, 0.1) is 0 Å². The fourth-order valence-electron chi connectivity index (χ4n) is 4.13. The minimum Gasteiger partial charge on any atom is -0.277 e. The van der Waals surface area contributed by atoms with Gasteiger partial charge in [-0.3, -0.25) is 19.8 Å². The van der Waals surface area contributed by atoms with Gasteiger partial charge in [-0.05, 0) is 44.4 Å². The highest BCUT2D eigenvalue weighted by atomic mass is 16.2. The number of amides is 4. The second-order valence-electron chi connectivity index (χ2n) is 6.99. The average molecular weight is 292 g/mol. The van der Waals surface area contributed by atoms with Crippen LogP contribution in [0, 0.1) is 11.3 Å². The number of barbiturate groups is 1. The lowest BCUT2D eigenvalue weighted by Gasteiger charge is -2.45. The minimum absolute atomic E-state index is 0.0272. The average Bonchev–Trinajstić information content (AvgIpc) is 2.48. The molecule has 2 aliphatic carbocycles. The first kappa shape index (κ1) is 14.5. The van der Waals surface area contributed by atoms with Crippen molar-refractivity contribution in [3.05, 3.63) is 0 Å². The van der Waals surface area contributed by atoms with Crippen LogP contribution in [0.1, 0.15) is 64.7 Å². The molecule has 0 unspecified atom stereocenters. The fourth-order valence-corrected chi connectivity index (χ4v) is 4.13. The molecule has 0 aromatic rings. The van der Waals surface area contributed by atoms with Gasteiger partial charge in [-0.1, -0.05) is 26.2 Å². The van der Waals surface area contributed by atoms with Gasteiger partial charge in [-0.15, -0.1) is 0 Å². The predicted molar refractivity (Wildman–Crippen MR) is 77.3 cm³/mol. The molecule has 0 atom stereocenters. The maximum absolute atomic E-state index is 12.9. The number of hydrogen-bond acceptors (Lipinski definition) is 3. The maximum Gasteiger partial charge on any atom is 0.331 e. The first-order chi connectivity index (χ1) is 10.0. The van der Waals surface area contributed by atoms with Gasteiger partial charge in [0.2, 0.25) is 11.8 Å². The summed E-state index contributed by atoms with van der Waals surface area (Å²) >= 11 is 0. The summed E-state index contributed by atoms with van der Waals surface area (Å²) in [5.41, 5.74) is -0.963. The van der Waals surface area contributed by atoms with Crippen molar-refractivity contribution in [3.8, 4) is 0 Å². The van der Waals surface area contributed by atoms with Crippen LogP contribution in [0.15, 0.2) is 0 Å². The van der Waals surface area contributed by atoms with Crippen molar-refractivity contribution in [1.82, 2.24) is 10.2 Å². The van der Waals surface area contributed by atoms with Crippen LogP contribution >= 0.6 is 0 Å².